The molecule has 0 radical (unpaired) electrons. The minimum Gasteiger partial charge on any atom is -0.376 e. The quantitative estimate of drug-likeness (QED) is 0.506. The van der Waals surface area contributed by atoms with E-state index in [1.807, 2.05) is 0 Å². The second-order valence-corrected chi connectivity index (χ2v) is 10.8. The highest BCUT2D eigenvalue weighted by Gasteiger charge is 2.46. The van der Waals surface area contributed by atoms with E-state index in [0.29, 0.717) is 0 Å². The number of alkyl halides is 3. The molecule has 0 saturated heterocycles. The first-order chi connectivity index (χ1) is 6.02. The lowest BCUT2D eigenvalue weighted by Crippen LogP contribution is -2.52. The van der Waals surface area contributed by atoms with Crippen LogP contribution >= 0.6 is 47.8 Å². The third-order valence-electron chi connectivity index (χ3n) is 1.62. The first kappa shape index (κ1) is 14.5. The average molecular weight is 401 g/mol. The summed E-state index contributed by atoms with van der Waals surface area (Å²) in [7, 11) is 2.28. The van der Waals surface area contributed by atoms with Gasteiger partial charge in [0.25, 0.3) is 0 Å². The standard InChI is InChI=1S/C6H13Br3O3Si/c1-10-13(11-2,12-3)6(9)4-5(7)8/h5-6H,4H2,1-3H3. The number of rotatable bonds is 6. The van der Waals surface area contributed by atoms with Crippen LogP contribution in [-0.4, -0.2) is 38.3 Å². The molecule has 0 aliphatic rings. The van der Waals surface area contributed by atoms with Crippen molar-refractivity contribution in [2.75, 3.05) is 21.3 Å². The van der Waals surface area contributed by atoms with E-state index in [1.165, 1.54) is 0 Å². The Hall–Kier alpha value is 1.54. The minimum atomic E-state index is -2.53. The Morgan fingerprint density at radius 1 is 1.00 bits per heavy atom. The van der Waals surface area contributed by atoms with Gasteiger partial charge in [0.05, 0.1) is 8.19 Å². The molecule has 0 bridgehead atoms. The molecule has 0 saturated carbocycles. The molecule has 0 aromatic carbocycles. The number of halogens is 3. The summed E-state index contributed by atoms with van der Waals surface area (Å²) in [5.74, 6) is 0. The first-order valence-electron chi connectivity index (χ1n) is 3.60. The first-order valence-corrected chi connectivity index (χ1v) is 8.15. The SMILES string of the molecule is CO[Si](OC)(OC)C(Br)CC(Br)Br. The van der Waals surface area contributed by atoms with E-state index in [1.54, 1.807) is 21.3 Å². The van der Waals surface area contributed by atoms with Crippen LogP contribution < -0.4 is 0 Å². The lowest BCUT2D eigenvalue weighted by atomic mass is 10.6. The molecule has 1 atom stereocenters. The van der Waals surface area contributed by atoms with Gasteiger partial charge in [-0.15, -0.1) is 0 Å². The largest absolute Gasteiger partial charge is 0.514 e. The van der Waals surface area contributed by atoms with Crippen LogP contribution in [0, 0.1) is 0 Å². The Morgan fingerprint density at radius 3 is 1.62 bits per heavy atom. The van der Waals surface area contributed by atoms with Crippen LogP contribution in [0.3, 0.4) is 0 Å². The van der Waals surface area contributed by atoms with Gasteiger partial charge in [-0.2, -0.15) is 0 Å². The van der Waals surface area contributed by atoms with Crippen molar-refractivity contribution in [3.8, 4) is 0 Å². The molecule has 80 valence electrons. The maximum absolute atomic E-state index is 5.30. The van der Waals surface area contributed by atoms with Gasteiger partial charge in [-0.25, -0.2) is 0 Å². The van der Waals surface area contributed by atoms with Gasteiger partial charge in [-0.3, -0.25) is 0 Å². The predicted octanol–water partition coefficient (Wildman–Crippen LogP) is 2.67. The van der Waals surface area contributed by atoms with Crippen molar-refractivity contribution in [1.82, 2.24) is 0 Å². The predicted molar refractivity (Wildman–Crippen MR) is 65.8 cm³/mol. The van der Waals surface area contributed by atoms with Crippen molar-refractivity contribution in [2.24, 2.45) is 0 Å². The second-order valence-electron chi connectivity index (χ2n) is 2.31. The summed E-state index contributed by atoms with van der Waals surface area (Å²) in [6.45, 7) is 0. The molecule has 0 aromatic heterocycles. The van der Waals surface area contributed by atoms with Gasteiger partial charge < -0.3 is 13.3 Å². The molecule has 0 heterocycles. The second kappa shape index (κ2) is 6.92. The highest BCUT2D eigenvalue weighted by atomic mass is 79.9. The Kier molecular flexibility index (Phi) is 7.74. The highest BCUT2D eigenvalue weighted by molar-refractivity contribution is 9.24. The van der Waals surface area contributed by atoms with E-state index >= 15 is 0 Å². The minimum absolute atomic E-state index is 0.0729. The fourth-order valence-corrected chi connectivity index (χ4v) is 7.22. The van der Waals surface area contributed by atoms with Crippen molar-refractivity contribution >= 4 is 56.6 Å². The average Bonchev–Trinajstić information content (AvgIpc) is 2.07. The number of hydrogen-bond acceptors (Lipinski definition) is 3. The van der Waals surface area contributed by atoms with Crippen LogP contribution in [0.15, 0.2) is 0 Å². The van der Waals surface area contributed by atoms with E-state index < -0.39 is 8.80 Å². The third-order valence-corrected chi connectivity index (χ3v) is 7.14. The Labute approximate surface area is 105 Å². The summed E-state index contributed by atoms with van der Waals surface area (Å²) in [6.07, 6.45) is 0.821. The summed E-state index contributed by atoms with van der Waals surface area (Å²) in [5.41, 5.74) is 0. The molecule has 0 spiro atoms. The van der Waals surface area contributed by atoms with Gasteiger partial charge in [0.2, 0.25) is 0 Å². The topological polar surface area (TPSA) is 27.7 Å². The van der Waals surface area contributed by atoms with Gasteiger partial charge in [-0.1, -0.05) is 47.8 Å². The molecular weight excluding hydrogens is 388 g/mol. The van der Waals surface area contributed by atoms with E-state index in [-0.39, 0.29) is 8.19 Å². The molecule has 0 aliphatic heterocycles. The third kappa shape index (κ3) is 4.27. The summed E-state index contributed by atoms with van der Waals surface area (Å²) in [6, 6.07) is 0. The summed E-state index contributed by atoms with van der Waals surface area (Å²) < 4.78 is 16.2. The Balaban J connectivity index is 4.34. The Bertz CT molecular complexity index is 135. The Morgan fingerprint density at radius 2 is 1.38 bits per heavy atom. The maximum Gasteiger partial charge on any atom is 0.514 e. The molecule has 3 nitrogen and oxygen atoms in total. The van der Waals surface area contributed by atoms with E-state index in [0.717, 1.165) is 6.42 Å². The fraction of sp³-hybridized carbons (Fsp3) is 1.00. The van der Waals surface area contributed by atoms with Crippen LogP contribution in [0.1, 0.15) is 6.42 Å². The van der Waals surface area contributed by atoms with Crippen LogP contribution in [0.5, 0.6) is 0 Å². The van der Waals surface area contributed by atoms with Gasteiger partial charge in [-0.05, 0) is 6.42 Å². The molecule has 0 aliphatic carbocycles. The van der Waals surface area contributed by atoms with E-state index in [4.69, 9.17) is 13.3 Å². The van der Waals surface area contributed by atoms with Gasteiger partial charge in [0.15, 0.2) is 0 Å². The van der Waals surface area contributed by atoms with E-state index in [9.17, 15) is 0 Å². The lowest BCUT2D eigenvalue weighted by Gasteiger charge is -2.29. The molecule has 13 heavy (non-hydrogen) atoms. The molecule has 1 unspecified atom stereocenters. The van der Waals surface area contributed by atoms with Crippen molar-refractivity contribution in [1.29, 1.82) is 0 Å². The highest BCUT2D eigenvalue weighted by Crippen LogP contribution is 2.27. The molecule has 0 aromatic rings. The van der Waals surface area contributed by atoms with Crippen LogP contribution in [0.4, 0.5) is 0 Å². The van der Waals surface area contributed by atoms with Crippen molar-refractivity contribution in [3.63, 3.8) is 0 Å². The zero-order valence-electron chi connectivity index (χ0n) is 7.72. The van der Waals surface area contributed by atoms with Crippen molar-refractivity contribution < 1.29 is 13.3 Å². The van der Waals surface area contributed by atoms with Gasteiger partial charge in [0, 0.05) is 21.3 Å². The molecule has 0 fully saturated rings. The van der Waals surface area contributed by atoms with Crippen molar-refractivity contribution in [2.45, 2.75) is 14.6 Å². The zero-order chi connectivity index (χ0) is 10.5. The molecule has 0 amide bonds. The van der Waals surface area contributed by atoms with Crippen molar-refractivity contribution in [3.05, 3.63) is 0 Å². The summed E-state index contributed by atoms with van der Waals surface area (Å²) in [4.78, 5) is 0. The number of hydrogen-bond donors (Lipinski definition) is 0. The summed E-state index contributed by atoms with van der Waals surface area (Å²) in [5, 5.41) is 0. The van der Waals surface area contributed by atoms with Crippen LogP contribution in [-0.2, 0) is 13.3 Å². The maximum atomic E-state index is 5.30. The summed E-state index contributed by atoms with van der Waals surface area (Å²) >= 11 is 10.3. The monoisotopic (exact) mass is 398 g/mol. The van der Waals surface area contributed by atoms with Gasteiger partial charge >= 0.3 is 8.80 Å². The molecule has 0 N–H and O–H groups in total. The smallest absolute Gasteiger partial charge is 0.376 e. The van der Waals surface area contributed by atoms with Gasteiger partial charge in [0.1, 0.15) is 0 Å². The van der Waals surface area contributed by atoms with Crippen LogP contribution in [0.2, 0.25) is 0 Å². The lowest BCUT2D eigenvalue weighted by molar-refractivity contribution is 0.122. The zero-order valence-corrected chi connectivity index (χ0v) is 13.5. The molecule has 0 rings (SSSR count). The van der Waals surface area contributed by atoms with Crippen LogP contribution in [0.25, 0.3) is 0 Å². The normalized spacial score (nSPS) is 15.0. The fourth-order valence-electron chi connectivity index (χ4n) is 0.934. The van der Waals surface area contributed by atoms with E-state index in [2.05, 4.69) is 47.8 Å². The molecule has 7 heteroatoms. The molecular formula is C6H13Br3O3Si.